The average Bonchev–Trinajstić information content (AvgIpc) is 1.97. The summed E-state index contributed by atoms with van der Waals surface area (Å²) in [7, 11) is 0. The summed E-state index contributed by atoms with van der Waals surface area (Å²) in [5, 5.41) is 17.7. The number of hydrogen-bond acceptors (Lipinski definition) is 4. The number of nitrogens with zero attached hydrogens (tertiary/aromatic N) is 2. The van der Waals surface area contributed by atoms with Gasteiger partial charge >= 0.3 is 6.03 Å². The zero-order valence-corrected chi connectivity index (χ0v) is 5.89. The van der Waals surface area contributed by atoms with E-state index in [9.17, 15) is 9.59 Å². The van der Waals surface area contributed by atoms with Crippen molar-refractivity contribution in [2.24, 2.45) is 5.92 Å². The van der Waals surface area contributed by atoms with Crippen LogP contribution in [0, 0.1) is 5.92 Å². The highest BCUT2D eigenvalue weighted by Gasteiger charge is 2.35. The highest BCUT2D eigenvalue weighted by Crippen LogP contribution is 2.11. The van der Waals surface area contributed by atoms with E-state index in [-0.39, 0.29) is 11.6 Å². The Kier molecular flexibility index (Phi) is 1.79. The number of hydroxylamine groups is 4. The lowest BCUT2D eigenvalue weighted by Crippen LogP contribution is -2.53. The smallest absolute Gasteiger partial charge is 0.284 e. The van der Waals surface area contributed by atoms with Crippen molar-refractivity contribution < 1.29 is 20.0 Å². The van der Waals surface area contributed by atoms with Crippen LogP contribution < -0.4 is 0 Å². The fraction of sp³-hybridized carbons (Fsp3) is 0.600. The molecule has 2 N–H and O–H groups in total. The third-order valence-corrected chi connectivity index (χ3v) is 1.48. The molecule has 1 heterocycles. The van der Waals surface area contributed by atoms with Gasteiger partial charge in [0.05, 0.1) is 12.5 Å². The second-order valence-electron chi connectivity index (χ2n) is 2.42. The van der Waals surface area contributed by atoms with Crippen molar-refractivity contribution >= 4 is 11.9 Å². The second-order valence-corrected chi connectivity index (χ2v) is 2.42. The molecule has 1 saturated heterocycles. The predicted molar refractivity (Wildman–Crippen MR) is 31.7 cm³/mol. The molecule has 1 aliphatic heterocycles. The Hall–Kier alpha value is -1.14. The first-order valence-corrected chi connectivity index (χ1v) is 3.07. The number of carbonyl (C=O) groups excluding carboxylic acids is 2. The van der Waals surface area contributed by atoms with Gasteiger partial charge in [0.25, 0.3) is 5.91 Å². The summed E-state index contributed by atoms with van der Waals surface area (Å²) < 4.78 is 0. The van der Waals surface area contributed by atoms with Gasteiger partial charge in [-0.2, -0.15) is 0 Å². The van der Waals surface area contributed by atoms with E-state index in [1.807, 2.05) is 0 Å². The summed E-state index contributed by atoms with van der Waals surface area (Å²) in [5.74, 6) is -1.26. The van der Waals surface area contributed by atoms with E-state index in [0.717, 1.165) is 0 Å². The Balaban J connectivity index is 2.79. The highest BCUT2D eigenvalue weighted by atomic mass is 16.6. The maximum absolute atomic E-state index is 10.8. The zero-order valence-electron chi connectivity index (χ0n) is 5.89. The Morgan fingerprint density at radius 3 is 2.55 bits per heavy atom. The monoisotopic (exact) mass is 160 g/mol. The third kappa shape index (κ3) is 1.17. The molecule has 0 aromatic carbocycles. The molecule has 0 radical (unpaired) electrons. The first-order chi connectivity index (χ1) is 5.04. The molecule has 0 bridgehead atoms. The van der Waals surface area contributed by atoms with E-state index in [1.165, 1.54) is 6.92 Å². The molecule has 0 aromatic heterocycles. The minimum Gasteiger partial charge on any atom is -0.284 e. The van der Waals surface area contributed by atoms with Gasteiger partial charge in [0.2, 0.25) is 0 Å². The van der Waals surface area contributed by atoms with E-state index < -0.39 is 17.9 Å². The van der Waals surface area contributed by atoms with Crippen molar-refractivity contribution in [3.8, 4) is 0 Å². The van der Waals surface area contributed by atoms with Crippen molar-refractivity contribution in [1.29, 1.82) is 0 Å². The molecule has 1 fully saturated rings. The van der Waals surface area contributed by atoms with Crippen molar-refractivity contribution in [2.45, 2.75) is 6.92 Å². The van der Waals surface area contributed by atoms with Crippen LogP contribution >= 0.6 is 0 Å². The first-order valence-electron chi connectivity index (χ1n) is 3.07. The van der Waals surface area contributed by atoms with E-state index >= 15 is 0 Å². The van der Waals surface area contributed by atoms with Gasteiger partial charge in [0.1, 0.15) is 0 Å². The molecule has 11 heavy (non-hydrogen) atoms. The SMILES string of the molecule is C[C@@H]1CN(O)C(=O)N(O)C1=O. The number of imide groups is 1. The summed E-state index contributed by atoms with van der Waals surface area (Å²) >= 11 is 0. The first kappa shape index (κ1) is 7.96. The molecule has 0 aromatic rings. The topological polar surface area (TPSA) is 81.1 Å². The Morgan fingerprint density at radius 1 is 1.45 bits per heavy atom. The summed E-state index contributed by atoms with van der Waals surface area (Å²) in [6.07, 6.45) is 0. The van der Waals surface area contributed by atoms with E-state index in [1.54, 1.807) is 0 Å². The molecule has 6 heteroatoms. The van der Waals surface area contributed by atoms with Gasteiger partial charge < -0.3 is 0 Å². The van der Waals surface area contributed by atoms with Gasteiger partial charge in [-0.1, -0.05) is 6.92 Å². The standard InChI is InChI=1S/C5H8N2O4/c1-3-2-6(10)5(9)7(11)4(3)8/h3,10-11H,2H2,1H3/t3-/m1/s1. The lowest BCUT2D eigenvalue weighted by Gasteiger charge is -2.28. The lowest BCUT2D eigenvalue weighted by atomic mass is 10.1. The Labute approximate surface area is 62.5 Å². The maximum Gasteiger partial charge on any atom is 0.374 e. The van der Waals surface area contributed by atoms with Crippen molar-refractivity contribution in [3.63, 3.8) is 0 Å². The largest absolute Gasteiger partial charge is 0.374 e. The molecule has 1 rings (SSSR count). The van der Waals surface area contributed by atoms with E-state index in [2.05, 4.69) is 0 Å². The molecule has 1 atom stereocenters. The van der Waals surface area contributed by atoms with Crippen LogP contribution in [0.5, 0.6) is 0 Å². The fourth-order valence-electron chi connectivity index (χ4n) is 0.828. The maximum atomic E-state index is 10.8. The highest BCUT2D eigenvalue weighted by molar-refractivity contribution is 5.95. The van der Waals surface area contributed by atoms with Gasteiger partial charge in [-0.15, -0.1) is 5.06 Å². The van der Waals surface area contributed by atoms with Crippen LogP contribution in [0.4, 0.5) is 4.79 Å². The molecule has 6 nitrogen and oxygen atoms in total. The van der Waals surface area contributed by atoms with Crippen LogP contribution in [0.3, 0.4) is 0 Å². The van der Waals surface area contributed by atoms with Crippen LogP contribution in [0.25, 0.3) is 0 Å². The predicted octanol–water partition coefficient (Wildman–Crippen LogP) is -0.335. The number of urea groups is 1. The molecule has 3 amide bonds. The van der Waals surface area contributed by atoms with Crippen LogP contribution in [-0.2, 0) is 4.79 Å². The molecule has 1 aliphatic rings. The van der Waals surface area contributed by atoms with E-state index in [4.69, 9.17) is 10.4 Å². The molecule has 62 valence electrons. The average molecular weight is 160 g/mol. The van der Waals surface area contributed by atoms with Gasteiger partial charge in [-0.25, -0.2) is 9.86 Å². The Morgan fingerprint density at radius 2 is 2.00 bits per heavy atom. The number of carbonyl (C=O) groups is 2. The van der Waals surface area contributed by atoms with Crippen LogP contribution in [0.2, 0.25) is 0 Å². The summed E-state index contributed by atoms with van der Waals surface area (Å²) in [6.45, 7) is 1.43. The molecule has 0 spiro atoms. The molecular weight excluding hydrogens is 152 g/mol. The van der Waals surface area contributed by atoms with Crippen LogP contribution in [0.15, 0.2) is 0 Å². The second kappa shape index (κ2) is 2.48. The van der Waals surface area contributed by atoms with Gasteiger partial charge in [-0.05, 0) is 0 Å². The number of rotatable bonds is 0. The number of hydrogen-bond donors (Lipinski definition) is 2. The molecular formula is C5H8N2O4. The Bertz CT molecular complexity index is 185. The molecule has 0 unspecified atom stereocenters. The minimum absolute atomic E-state index is 0.0747. The quantitative estimate of drug-likeness (QED) is 0.475. The summed E-state index contributed by atoms with van der Waals surface area (Å²) in [5.41, 5.74) is 0. The summed E-state index contributed by atoms with van der Waals surface area (Å²) in [6, 6.07) is -1.10. The third-order valence-electron chi connectivity index (χ3n) is 1.48. The van der Waals surface area contributed by atoms with Crippen LogP contribution in [0.1, 0.15) is 6.92 Å². The van der Waals surface area contributed by atoms with Gasteiger partial charge in [0.15, 0.2) is 0 Å². The van der Waals surface area contributed by atoms with Crippen molar-refractivity contribution in [3.05, 3.63) is 0 Å². The van der Waals surface area contributed by atoms with Crippen molar-refractivity contribution in [1.82, 2.24) is 10.1 Å². The van der Waals surface area contributed by atoms with Crippen molar-refractivity contribution in [2.75, 3.05) is 6.54 Å². The molecule has 0 aliphatic carbocycles. The number of amides is 3. The lowest BCUT2D eigenvalue weighted by molar-refractivity contribution is -0.182. The summed E-state index contributed by atoms with van der Waals surface area (Å²) in [4.78, 5) is 21.4. The fourth-order valence-corrected chi connectivity index (χ4v) is 0.828. The van der Waals surface area contributed by atoms with Gasteiger partial charge in [-0.3, -0.25) is 15.2 Å². The van der Waals surface area contributed by atoms with Gasteiger partial charge in [0, 0.05) is 0 Å². The van der Waals surface area contributed by atoms with Crippen LogP contribution in [-0.4, -0.2) is 39.0 Å². The zero-order chi connectivity index (χ0) is 8.59. The normalized spacial score (nSPS) is 26.3. The minimum atomic E-state index is -1.10. The molecule has 0 saturated carbocycles. The van der Waals surface area contributed by atoms with E-state index in [0.29, 0.717) is 5.06 Å².